The fraction of sp³-hybridized carbons (Fsp3) is 0.556. The van der Waals surface area contributed by atoms with Crippen molar-refractivity contribution in [3.05, 3.63) is 17.9 Å². The molecule has 0 bridgehead atoms. The highest BCUT2D eigenvalue weighted by atomic mass is 32.2. The van der Waals surface area contributed by atoms with Crippen LogP contribution in [0.5, 0.6) is 0 Å². The highest BCUT2D eigenvalue weighted by Gasteiger charge is 2.15. The molecular formula is C9H17N3O5S2. The number of hydrogen-bond acceptors (Lipinski definition) is 6. The maximum atomic E-state index is 11.4. The van der Waals surface area contributed by atoms with Crippen LogP contribution in [-0.2, 0) is 26.6 Å². The molecule has 1 heterocycles. The molecule has 1 aromatic rings. The highest BCUT2D eigenvalue weighted by molar-refractivity contribution is 7.89. The van der Waals surface area contributed by atoms with Gasteiger partial charge >= 0.3 is 0 Å². The molecule has 0 spiro atoms. The lowest BCUT2D eigenvalue weighted by molar-refractivity contribution is 0.401. The van der Waals surface area contributed by atoms with Gasteiger partial charge in [0.05, 0.1) is 12.8 Å². The van der Waals surface area contributed by atoms with Crippen molar-refractivity contribution < 1.29 is 21.3 Å². The standard InChI is InChI=1S/C9H17N3O5S2/c1-10-19(15,16)9-4-3-8(17-9)7-11-5-6-12-18(2,13)14/h3-4,10-12H,5-7H2,1-2H3. The van der Waals surface area contributed by atoms with Gasteiger partial charge in [-0.3, -0.25) is 0 Å². The Kier molecular flexibility index (Phi) is 5.50. The first kappa shape index (κ1) is 16.1. The minimum Gasteiger partial charge on any atom is -0.447 e. The van der Waals surface area contributed by atoms with Crippen LogP contribution in [0.2, 0.25) is 0 Å². The van der Waals surface area contributed by atoms with E-state index in [1.807, 2.05) is 0 Å². The van der Waals surface area contributed by atoms with Gasteiger partial charge in [0.2, 0.25) is 15.1 Å². The molecule has 0 atom stereocenters. The van der Waals surface area contributed by atoms with Gasteiger partial charge in [0.15, 0.2) is 0 Å². The lowest BCUT2D eigenvalue weighted by atomic mass is 10.4. The van der Waals surface area contributed by atoms with Crippen LogP contribution in [0.4, 0.5) is 0 Å². The average molecular weight is 311 g/mol. The van der Waals surface area contributed by atoms with E-state index in [1.54, 1.807) is 6.07 Å². The molecule has 3 N–H and O–H groups in total. The van der Waals surface area contributed by atoms with Gasteiger partial charge in [-0.2, -0.15) is 0 Å². The van der Waals surface area contributed by atoms with Crippen molar-refractivity contribution in [1.29, 1.82) is 0 Å². The molecule has 0 amide bonds. The third-order valence-corrected chi connectivity index (χ3v) is 4.15. The monoisotopic (exact) mass is 311 g/mol. The molecule has 0 aliphatic carbocycles. The minimum absolute atomic E-state index is 0.152. The Morgan fingerprint density at radius 1 is 1.16 bits per heavy atom. The zero-order valence-electron chi connectivity index (χ0n) is 10.6. The molecule has 0 fully saturated rings. The van der Waals surface area contributed by atoms with Gasteiger partial charge in [0, 0.05) is 13.1 Å². The van der Waals surface area contributed by atoms with Gasteiger partial charge < -0.3 is 9.73 Å². The Bertz CT molecular complexity index is 606. The van der Waals surface area contributed by atoms with Crippen LogP contribution in [-0.4, -0.2) is 43.2 Å². The van der Waals surface area contributed by atoms with Crippen molar-refractivity contribution in [1.82, 2.24) is 14.8 Å². The first-order chi connectivity index (χ1) is 8.74. The van der Waals surface area contributed by atoms with Gasteiger partial charge in [0.25, 0.3) is 10.0 Å². The first-order valence-electron chi connectivity index (χ1n) is 5.42. The van der Waals surface area contributed by atoms with Gasteiger partial charge in [0.1, 0.15) is 5.76 Å². The Balaban J connectivity index is 2.40. The molecule has 0 radical (unpaired) electrons. The van der Waals surface area contributed by atoms with Crippen molar-refractivity contribution in [2.45, 2.75) is 11.6 Å². The van der Waals surface area contributed by atoms with E-state index in [2.05, 4.69) is 14.8 Å². The van der Waals surface area contributed by atoms with E-state index in [4.69, 9.17) is 4.42 Å². The molecule has 0 aromatic carbocycles. The number of furan rings is 1. The predicted molar refractivity (Wildman–Crippen MR) is 69.5 cm³/mol. The smallest absolute Gasteiger partial charge is 0.273 e. The van der Waals surface area contributed by atoms with Gasteiger partial charge in [-0.15, -0.1) is 0 Å². The van der Waals surface area contributed by atoms with Crippen LogP contribution in [0.1, 0.15) is 5.76 Å². The molecule has 8 nitrogen and oxygen atoms in total. The Morgan fingerprint density at radius 2 is 1.84 bits per heavy atom. The number of nitrogens with one attached hydrogen (secondary N) is 3. The molecular weight excluding hydrogens is 294 g/mol. The van der Waals surface area contributed by atoms with Gasteiger partial charge in [-0.25, -0.2) is 26.3 Å². The van der Waals surface area contributed by atoms with Crippen LogP contribution >= 0.6 is 0 Å². The maximum Gasteiger partial charge on any atom is 0.273 e. The van der Waals surface area contributed by atoms with Gasteiger partial charge in [-0.1, -0.05) is 0 Å². The van der Waals surface area contributed by atoms with Crippen LogP contribution in [0, 0.1) is 0 Å². The molecule has 0 saturated carbocycles. The molecule has 1 aromatic heterocycles. The van der Waals surface area contributed by atoms with Crippen molar-refractivity contribution in [2.24, 2.45) is 0 Å². The van der Waals surface area contributed by atoms with Crippen LogP contribution in [0.3, 0.4) is 0 Å². The largest absolute Gasteiger partial charge is 0.447 e. The molecule has 0 aliphatic heterocycles. The second kappa shape index (κ2) is 6.48. The van der Waals surface area contributed by atoms with E-state index >= 15 is 0 Å². The molecule has 19 heavy (non-hydrogen) atoms. The summed E-state index contributed by atoms with van der Waals surface area (Å²) in [5.74, 6) is 0.452. The van der Waals surface area contributed by atoms with E-state index < -0.39 is 20.0 Å². The maximum absolute atomic E-state index is 11.4. The van der Waals surface area contributed by atoms with Gasteiger partial charge in [-0.05, 0) is 19.2 Å². The minimum atomic E-state index is -3.57. The van der Waals surface area contributed by atoms with Crippen LogP contribution < -0.4 is 14.8 Å². The number of rotatable bonds is 8. The Hall–Kier alpha value is -0.940. The Morgan fingerprint density at radius 3 is 2.42 bits per heavy atom. The van der Waals surface area contributed by atoms with E-state index in [0.717, 1.165) is 6.26 Å². The molecule has 0 unspecified atom stereocenters. The van der Waals surface area contributed by atoms with E-state index in [9.17, 15) is 16.8 Å². The van der Waals surface area contributed by atoms with Crippen molar-refractivity contribution in [3.63, 3.8) is 0 Å². The molecule has 10 heteroatoms. The topological polar surface area (TPSA) is 118 Å². The second-order valence-corrected chi connectivity index (χ2v) is 7.42. The van der Waals surface area contributed by atoms with Crippen molar-refractivity contribution >= 4 is 20.0 Å². The molecule has 1 rings (SSSR count). The molecule has 0 aliphatic rings. The van der Waals surface area contributed by atoms with Crippen LogP contribution in [0.25, 0.3) is 0 Å². The summed E-state index contributed by atoms with van der Waals surface area (Å²) in [6.45, 7) is 0.966. The summed E-state index contributed by atoms with van der Waals surface area (Å²) < 4.78 is 54.0. The SMILES string of the molecule is CNS(=O)(=O)c1ccc(CNCCNS(C)(=O)=O)o1. The second-order valence-electron chi connectivity index (χ2n) is 3.77. The first-order valence-corrected chi connectivity index (χ1v) is 8.80. The van der Waals surface area contributed by atoms with E-state index in [-0.39, 0.29) is 11.6 Å². The normalized spacial score (nSPS) is 12.7. The number of sulfonamides is 2. The summed E-state index contributed by atoms with van der Waals surface area (Å²) in [6, 6.07) is 2.90. The Labute approximate surface area is 112 Å². The third kappa shape index (κ3) is 5.70. The quantitative estimate of drug-likeness (QED) is 0.521. The molecule has 110 valence electrons. The fourth-order valence-electron chi connectivity index (χ4n) is 1.23. The zero-order chi connectivity index (χ0) is 14.5. The summed E-state index contributed by atoms with van der Waals surface area (Å²) in [6.07, 6.45) is 1.08. The summed E-state index contributed by atoms with van der Waals surface area (Å²) in [5, 5.41) is 2.77. The highest BCUT2D eigenvalue weighted by Crippen LogP contribution is 2.12. The number of hydrogen-bond donors (Lipinski definition) is 3. The lowest BCUT2D eigenvalue weighted by Gasteiger charge is -2.03. The van der Waals surface area contributed by atoms with Crippen molar-refractivity contribution in [2.75, 3.05) is 26.4 Å². The summed E-state index contributed by atoms with van der Waals surface area (Å²) in [7, 11) is -5.46. The summed E-state index contributed by atoms with van der Waals surface area (Å²) >= 11 is 0. The predicted octanol–water partition coefficient (Wildman–Crippen LogP) is -1.17. The average Bonchev–Trinajstić information content (AvgIpc) is 2.76. The molecule has 0 saturated heterocycles. The fourth-order valence-corrected chi connectivity index (χ4v) is 2.37. The third-order valence-electron chi connectivity index (χ3n) is 2.14. The zero-order valence-corrected chi connectivity index (χ0v) is 12.3. The van der Waals surface area contributed by atoms with Crippen molar-refractivity contribution in [3.8, 4) is 0 Å². The van der Waals surface area contributed by atoms with Crippen LogP contribution in [0.15, 0.2) is 21.6 Å². The van der Waals surface area contributed by atoms with E-state index in [1.165, 1.54) is 13.1 Å². The lowest BCUT2D eigenvalue weighted by Crippen LogP contribution is -2.30. The summed E-state index contributed by atoms with van der Waals surface area (Å²) in [5.41, 5.74) is 0. The van der Waals surface area contributed by atoms with E-state index in [0.29, 0.717) is 18.8 Å². The summed E-state index contributed by atoms with van der Waals surface area (Å²) in [4.78, 5) is 0.